The van der Waals surface area contributed by atoms with Crippen LogP contribution in [0.5, 0.6) is 5.75 Å². The predicted octanol–water partition coefficient (Wildman–Crippen LogP) is 4.02. The molecule has 0 radical (unpaired) electrons. The fourth-order valence-corrected chi connectivity index (χ4v) is 3.38. The third-order valence-electron chi connectivity index (χ3n) is 5.14. The Hall–Kier alpha value is -3.87. The number of likely N-dealkylation sites (N-methyl/N-ethyl adjacent to an activating group) is 1. The first-order valence-corrected chi connectivity index (χ1v) is 10.9. The van der Waals surface area contributed by atoms with Crippen LogP contribution in [0.1, 0.15) is 35.0 Å². The molecule has 0 unspecified atom stereocenters. The molecule has 0 aliphatic rings. The van der Waals surface area contributed by atoms with Crippen molar-refractivity contribution in [3.8, 4) is 5.75 Å². The van der Waals surface area contributed by atoms with E-state index in [1.54, 1.807) is 30.3 Å². The minimum Gasteiger partial charge on any atom is -0.484 e. The topological polar surface area (TPSA) is 85.2 Å². The number of amides is 2. The zero-order chi connectivity index (χ0) is 23.8. The molecule has 33 heavy (non-hydrogen) atoms. The van der Waals surface area contributed by atoms with Crippen LogP contribution in [0, 0.1) is 20.8 Å². The van der Waals surface area contributed by atoms with Gasteiger partial charge < -0.3 is 15.4 Å². The summed E-state index contributed by atoms with van der Waals surface area (Å²) in [5, 5.41) is 10.1. The van der Waals surface area contributed by atoms with Crippen LogP contribution in [0.2, 0.25) is 0 Å². The van der Waals surface area contributed by atoms with E-state index < -0.39 is 0 Å². The number of ether oxygens (including phenoxy) is 1. The highest BCUT2D eigenvalue weighted by Gasteiger charge is 2.10. The molecule has 3 aromatic rings. The van der Waals surface area contributed by atoms with Crippen molar-refractivity contribution in [1.82, 2.24) is 15.1 Å². The van der Waals surface area contributed by atoms with Gasteiger partial charge in [0.25, 0.3) is 5.91 Å². The summed E-state index contributed by atoms with van der Waals surface area (Å²) in [5.41, 5.74) is 5.77. The molecule has 0 aliphatic heterocycles. The maximum absolute atomic E-state index is 12.5. The van der Waals surface area contributed by atoms with Gasteiger partial charge in [0.1, 0.15) is 5.75 Å². The van der Waals surface area contributed by atoms with Gasteiger partial charge in [-0.3, -0.25) is 14.3 Å². The molecule has 2 amide bonds. The summed E-state index contributed by atoms with van der Waals surface area (Å²) in [6.45, 7) is 9.00. The van der Waals surface area contributed by atoms with E-state index >= 15 is 0 Å². The number of aryl methyl sites for hydroxylation is 2. The first-order chi connectivity index (χ1) is 15.9. The Morgan fingerprint density at radius 1 is 1.09 bits per heavy atom. The van der Waals surface area contributed by atoms with Gasteiger partial charge in [-0.15, -0.1) is 0 Å². The minimum atomic E-state index is -0.263. The average Bonchev–Trinajstić information content (AvgIpc) is 3.05. The van der Waals surface area contributed by atoms with Crippen LogP contribution in [0.25, 0.3) is 6.08 Å². The second kappa shape index (κ2) is 11.1. The molecule has 0 atom stereocenters. The number of aromatic nitrogens is 2. The maximum Gasteiger partial charge on any atom is 0.257 e. The van der Waals surface area contributed by atoms with Crippen molar-refractivity contribution >= 4 is 23.6 Å². The van der Waals surface area contributed by atoms with Crippen LogP contribution in [0.15, 0.2) is 54.6 Å². The molecular weight excluding hydrogens is 416 g/mol. The van der Waals surface area contributed by atoms with Gasteiger partial charge in [0.15, 0.2) is 6.61 Å². The van der Waals surface area contributed by atoms with E-state index in [1.807, 2.05) is 25.5 Å². The number of benzene rings is 2. The van der Waals surface area contributed by atoms with Crippen molar-refractivity contribution in [1.29, 1.82) is 0 Å². The van der Waals surface area contributed by atoms with E-state index in [0.717, 1.165) is 17.0 Å². The smallest absolute Gasteiger partial charge is 0.257 e. The fourth-order valence-electron chi connectivity index (χ4n) is 3.38. The Labute approximate surface area is 194 Å². The van der Waals surface area contributed by atoms with Gasteiger partial charge in [-0.05, 0) is 51.5 Å². The highest BCUT2D eigenvalue weighted by molar-refractivity contribution is 6.02. The van der Waals surface area contributed by atoms with Crippen molar-refractivity contribution < 1.29 is 14.3 Å². The van der Waals surface area contributed by atoms with Gasteiger partial charge in [0.2, 0.25) is 5.91 Å². The Bertz CT molecular complexity index is 1150. The normalized spacial score (nSPS) is 10.9. The van der Waals surface area contributed by atoms with Crippen molar-refractivity contribution in [2.24, 2.45) is 0 Å². The predicted molar refractivity (Wildman–Crippen MR) is 130 cm³/mol. The molecule has 0 bridgehead atoms. The molecular formula is C26H30N4O3. The lowest BCUT2D eigenvalue weighted by molar-refractivity contribution is -0.123. The summed E-state index contributed by atoms with van der Waals surface area (Å²) in [4.78, 5) is 24.0. The number of nitrogens with zero attached hydrogens (tertiary/aromatic N) is 2. The standard InChI is InChI=1S/C26H30N4O3/c1-5-27-26(32)17-33-23-8-6-7-22(15-23)28-25(31)14-13-24-19(3)29-30(20(24)4)16-21-11-9-18(2)10-12-21/h6-15H,5,16-17H2,1-4H3,(H,27,32)(H,28,31)/b14-13+. The summed E-state index contributed by atoms with van der Waals surface area (Å²) >= 11 is 0. The van der Waals surface area contributed by atoms with Gasteiger partial charge in [0, 0.05) is 35.6 Å². The average molecular weight is 447 g/mol. The lowest BCUT2D eigenvalue weighted by atomic mass is 10.1. The summed E-state index contributed by atoms with van der Waals surface area (Å²) in [5.74, 6) is 0.0524. The Morgan fingerprint density at radius 2 is 1.85 bits per heavy atom. The monoisotopic (exact) mass is 446 g/mol. The molecule has 7 heteroatoms. The molecule has 172 valence electrons. The number of carbonyl (C=O) groups is 2. The van der Waals surface area contributed by atoms with E-state index in [-0.39, 0.29) is 18.4 Å². The van der Waals surface area contributed by atoms with Crippen LogP contribution in [0.4, 0.5) is 5.69 Å². The van der Waals surface area contributed by atoms with E-state index in [9.17, 15) is 9.59 Å². The first kappa shape index (κ1) is 23.8. The van der Waals surface area contributed by atoms with Gasteiger partial charge in [-0.1, -0.05) is 35.9 Å². The van der Waals surface area contributed by atoms with E-state index in [0.29, 0.717) is 24.5 Å². The molecule has 0 saturated carbocycles. The van der Waals surface area contributed by atoms with Crippen molar-refractivity contribution in [2.45, 2.75) is 34.2 Å². The summed E-state index contributed by atoms with van der Waals surface area (Å²) in [6, 6.07) is 15.3. The molecule has 0 fully saturated rings. The zero-order valence-corrected chi connectivity index (χ0v) is 19.5. The van der Waals surface area contributed by atoms with Crippen LogP contribution >= 0.6 is 0 Å². The number of hydrogen-bond donors (Lipinski definition) is 2. The highest BCUT2D eigenvalue weighted by Crippen LogP contribution is 2.19. The Balaban J connectivity index is 1.62. The van der Waals surface area contributed by atoms with E-state index in [4.69, 9.17) is 4.74 Å². The summed E-state index contributed by atoms with van der Waals surface area (Å²) in [7, 11) is 0. The molecule has 0 spiro atoms. The summed E-state index contributed by atoms with van der Waals surface area (Å²) < 4.78 is 7.42. The third kappa shape index (κ3) is 6.80. The quantitative estimate of drug-likeness (QED) is 0.486. The van der Waals surface area contributed by atoms with Crippen LogP contribution in [-0.2, 0) is 16.1 Å². The number of rotatable bonds is 9. The van der Waals surface area contributed by atoms with E-state index in [2.05, 4.69) is 46.9 Å². The zero-order valence-electron chi connectivity index (χ0n) is 19.5. The highest BCUT2D eigenvalue weighted by atomic mass is 16.5. The molecule has 1 aromatic heterocycles. The number of nitrogens with one attached hydrogen (secondary N) is 2. The molecule has 0 aliphatic carbocycles. The van der Waals surface area contributed by atoms with Gasteiger partial charge in [-0.2, -0.15) is 5.10 Å². The summed E-state index contributed by atoms with van der Waals surface area (Å²) in [6.07, 6.45) is 3.28. The van der Waals surface area contributed by atoms with E-state index in [1.165, 1.54) is 17.2 Å². The molecule has 2 aromatic carbocycles. The van der Waals surface area contributed by atoms with Crippen LogP contribution in [0.3, 0.4) is 0 Å². The number of hydrogen-bond acceptors (Lipinski definition) is 4. The molecule has 2 N–H and O–H groups in total. The van der Waals surface area contributed by atoms with Crippen molar-refractivity contribution in [2.75, 3.05) is 18.5 Å². The van der Waals surface area contributed by atoms with Crippen LogP contribution < -0.4 is 15.4 Å². The Morgan fingerprint density at radius 3 is 2.58 bits per heavy atom. The molecule has 3 rings (SSSR count). The minimum absolute atomic E-state index is 0.0731. The first-order valence-electron chi connectivity index (χ1n) is 10.9. The van der Waals surface area contributed by atoms with Crippen molar-refractivity contribution in [3.63, 3.8) is 0 Å². The SMILES string of the molecule is CCNC(=O)COc1cccc(NC(=O)/C=C/c2c(C)nn(Cc3ccc(C)cc3)c2C)c1. The maximum atomic E-state index is 12.5. The van der Waals surface area contributed by atoms with Crippen molar-refractivity contribution in [3.05, 3.63) is 82.7 Å². The lowest BCUT2D eigenvalue weighted by Gasteiger charge is -2.08. The molecule has 1 heterocycles. The lowest BCUT2D eigenvalue weighted by Crippen LogP contribution is -2.28. The van der Waals surface area contributed by atoms with Gasteiger partial charge >= 0.3 is 0 Å². The molecule has 0 saturated heterocycles. The van der Waals surface area contributed by atoms with Crippen LogP contribution in [-0.4, -0.2) is 34.7 Å². The van der Waals surface area contributed by atoms with Gasteiger partial charge in [-0.25, -0.2) is 0 Å². The largest absolute Gasteiger partial charge is 0.484 e. The molecule has 7 nitrogen and oxygen atoms in total. The van der Waals surface area contributed by atoms with Gasteiger partial charge in [0.05, 0.1) is 12.2 Å². The number of carbonyl (C=O) groups excluding carboxylic acids is 2. The third-order valence-corrected chi connectivity index (χ3v) is 5.14. The second-order valence-electron chi connectivity index (χ2n) is 7.82. The second-order valence-corrected chi connectivity index (χ2v) is 7.82. The fraction of sp³-hybridized carbons (Fsp3) is 0.269. The Kier molecular flexibility index (Phi) is 8.02. The number of anilines is 1.